The van der Waals surface area contributed by atoms with Crippen molar-refractivity contribution in [3.63, 3.8) is 0 Å². The number of aryl methyl sites for hydroxylation is 1. The molecule has 0 aliphatic carbocycles. The number of nitrogens with one attached hydrogen (secondary N) is 1. The molecule has 11 nitrogen and oxygen atoms in total. The van der Waals surface area contributed by atoms with Gasteiger partial charge >= 0.3 is 6.09 Å². The minimum Gasteiger partial charge on any atom is -0.444 e. The Labute approximate surface area is 281 Å². The van der Waals surface area contributed by atoms with E-state index in [1.54, 1.807) is 11.6 Å². The molecule has 2 aliphatic rings. The SMILES string of the molecule is CCc1nc2ccc(-c3cn(COCC[Si](C)(C)C)c4nc(N5C6CCC5CC(NC(=O)OC(C)(C)C)C6)n(C)c(=O)c34)c(Cl)c2o1. The summed E-state index contributed by atoms with van der Waals surface area (Å²) in [5.41, 5.74) is 2.40. The molecule has 254 valence electrons. The summed E-state index contributed by atoms with van der Waals surface area (Å²) in [4.78, 5) is 38.9. The van der Waals surface area contributed by atoms with E-state index < -0.39 is 19.8 Å². The van der Waals surface area contributed by atoms with E-state index in [-0.39, 0.29) is 30.4 Å². The number of rotatable bonds is 9. The number of oxazole rings is 1. The highest BCUT2D eigenvalue weighted by Crippen LogP contribution is 2.41. The van der Waals surface area contributed by atoms with Gasteiger partial charge in [-0.15, -0.1) is 0 Å². The molecule has 2 atom stereocenters. The lowest BCUT2D eigenvalue weighted by Crippen LogP contribution is -2.52. The Hall–Kier alpha value is -3.35. The number of carbonyl (C=O) groups is 1. The van der Waals surface area contributed by atoms with E-state index in [4.69, 9.17) is 30.5 Å². The van der Waals surface area contributed by atoms with Gasteiger partial charge in [0.1, 0.15) is 17.8 Å². The van der Waals surface area contributed by atoms with Gasteiger partial charge in [0.25, 0.3) is 5.56 Å². The number of benzene rings is 1. The Morgan fingerprint density at radius 2 is 1.83 bits per heavy atom. The van der Waals surface area contributed by atoms with Crippen molar-refractivity contribution in [3.8, 4) is 11.1 Å². The number of fused-ring (bicyclic) bond motifs is 4. The van der Waals surface area contributed by atoms with Crippen molar-refractivity contribution in [2.45, 2.75) is 116 Å². The highest BCUT2D eigenvalue weighted by molar-refractivity contribution is 6.76. The first kappa shape index (κ1) is 33.5. The second kappa shape index (κ2) is 12.6. The lowest BCUT2D eigenvalue weighted by molar-refractivity contribution is 0.0492. The molecule has 1 N–H and O–H groups in total. The minimum absolute atomic E-state index is 0.00374. The molecule has 1 amide bonds. The van der Waals surface area contributed by atoms with Gasteiger partial charge in [0.15, 0.2) is 17.1 Å². The monoisotopic (exact) mass is 682 g/mol. The fraction of sp³-hybridized carbons (Fsp3) is 0.588. The number of alkyl carbamates (subject to hydrolysis) is 1. The Bertz CT molecular complexity index is 1860. The standard InChI is InChI=1S/C34H47ClN6O5Si/c1-9-26-37-25-13-12-23(28(35)29(25)45-26)24-18-40(19-44-14-15-47(6,7)8)30-27(24)31(42)39(5)32(38-30)41-21-10-11-22(41)17-20(16-21)36-33(43)46-34(2,3)4/h12-13,18,20-22H,9-11,14-17,19H2,1-8H3,(H,36,43). The Balaban J connectivity index is 1.38. The van der Waals surface area contributed by atoms with E-state index in [2.05, 4.69) is 34.8 Å². The van der Waals surface area contributed by atoms with Gasteiger partial charge in [-0.2, -0.15) is 4.98 Å². The van der Waals surface area contributed by atoms with Gasteiger partial charge in [-0.25, -0.2) is 9.78 Å². The molecular weight excluding hydrogens is 636 g/mol. The topological polar surface area (TPSA) is 117 Å². The van der Waals surface area contributed by atoms with E-state index in [1.165, 1.54) is 0 Å². The number of nitrogens with zero attached hydrogens (tertiary/aromatic N) is 5. The van der Waals surface area contributed by atoms with Gasteiger partial charge in [-0.05, 0) is 58.6 Å². The van der Waals surface area contributed by atoms with Gasteiger partial charge in [0, 0.05) is 63.6 Å². The van der Waals surface area contributed by atoms with Crippen molar-refractivity contribution in [3.05, 3.63) is 39.6 Å². The van der Waals surface area contributed by atoms with Gasteiger partial charge in [-0.1, -0.05) is 44.2 Å². The van der Waals surface area contributed by atoms with E-state index in [1.807, 2.05) is 50.6 Å². The van der Waals surface area contributed by atoms with Gasteiger partial charge in [0.2, 0.25) is 5.95 Å². The highest BCUT2D eigenvalue weighted by Gasteiger charge is 2.43. The van der Waals surface area contributed by atoms with Crippen LogP contribution in [0.2, 0.25) is 30.7 Å². The third-order valence-electron chi connectivity index (χ3n) is 9.12. The van der Waals surface area contributed by atoms with Crippen LogP contribution in [-0.4, -0.2) is 63.6 Å². The van der Waals surface area contributed by atoms with Crippen molar-refractivity contribution in [1.82, 2.24) is 24.4 Å². The lowest BCUT2D eigenvalue weighted by Gasteiger charge is -2.40. The summed E-state index contributed by atoms with van der Waals surface area (Å²) in [6.45, 7) is 15.4. The van der Waals surface area contributed by atoms with E-state index in [0.29, 0.717) is 63.1 Å². The zero-order valence-corrected chi connectivity index (χ0v) is 30.5. The predicted octanol–water partition coefficient (Wildman–Crippen LogP) is 7.10. The largest absolute Gasteiger partial charge is 0.444 e. The third-order valence-corrected chi connectivity index (χ3v) is 11.2. The predicted molar refractivity (Wildman–Crippen MR) is 188 cm³/mol. The second-order valence-corrected chi connectivity index (χ2v) is 21.2. The molecule has 3 aromatic heterocycles. The van der Waals surface area contributed by atoms with Crippen molar-refractivity contribution < 1.29 is 18.7 Å². The summed E-state index contributed by atoms with van der Waals surface area (Å²) < 4.78 is 21.3. The molecule has 5 heterocycles. The number of halogens is 1. The zero-order chi connectivity index (χ0) is 33.8. The maximum atomic E-state index is 14.4. The molecule has 0 saturated carbocycles. The molecule has 2 bridgehead atoms. The molecule has 47 heavy (non-hydrogen) atoms. The summed E-state index contributed by atoms with van der Waals surface area (Å²) in [6.07, 6.45) is 5.61. The van der Waals surface area contributed by atoms with Crippen molar-refractivity contribution in [1.29, 1.82) is 0 Å². The molecule has 0 radical (unpaired) electrons. The minimum atomic E-state index is -1.29. The summed E-state index contributed by atoms with van der Waals surface area (Å²) >= 11 is 6.96. The van der Waals surface area contributed by atoms with E-state index in [9.17, 15) is 9.59 Å². The third kappa shape index (κ3) is 6.82. The van der Waals surface area contributed by atoms with Crippen molar-refractivity contribution >= 4 is 53.8 Å². The number of amides is 1. The molecule has 4 aromatic rings. The Kier molecular flexibility index (Phi) is 8.99. The lowest BCUT2D eigenvalue weighted by atomic mass is 9.98. The van der Waals surface area contributed by atoms with E-state index in [0.717, 1.165) is 31.7 Å². The first-order valence-electron chi connectivity index (χ1n) is 16.7. The summed E-state index contributed by atoms with van der Waals surface area (Å²) in [5, 5.41) is 3.97. The quantitative estimate of drug-likeness (QED) is 0.147. The first-order valence-corrected chi connectivity index (χ1v) is 20.8. The van der Waals surface area contributed by atoms with Crippen LogP contribution < -0.4 is 15.8 Å². The number of carbonyl (C=O) groups excluding carboxylic acids is 1. The molecular formula is C34H47ClN6O5Si. The van der Waals surface area contributed by atoms with Crippen LogP contribution in [0.1, 0.15) is 59.3 Å². The number of hydrogen-bond acceptors (Lipinski definition) is 8. The molecule has 2 aliphatic heterocycles. The van der Waals surface area contributed by atoms with Crippen molar-refractivity contribution in [2.75, 3.05) is 11.5 Å². The van der Waals surface area contributed by atoms with Gasteiger partial charge in [0.05, 0.1) is 10.4 Å². The summed E-state index contributed by atoms with van der Waals surface area (Å²) in [6, 6.07) is 5.08. The number of anilines is 1. The fourth-order valence-electron chi connectivity index (χ4n) is 6.84. The molecule has 13 heteroatoms. The molecule has 2 fully saturated rings. The van der Waals surface area contributed by atoms with Crippen molar-refractivity contribution in [2.24, 2.45) is 7.05 Å². The maximum absolute atomic E-state index is 14.4. The number of ether oxygens (including phenoxy) is 2. The normalized spacial score (nSPS) is 20.0. The van der Waals surface area contributed by atoms with Crippen LogP contribution in [0.15, 0.2) is 27.5 Å². The highest BCUT2D eigenvalue weighted by atomic mass is 35.5. The Morgan fingerprint density at radius 1 is 1.13 bits per heavy atom. The second-order valence-electron chi connectivity index (χ2n) is 15.2. The van der Waals surface area contributed by atoms with Crippen LogP contribution in [0.5, 0.6) is 0 Å². The molecule has 2 unspecified atom stereocenters. The van der Waals surface area contributed by atoms with Crippen LogP contribution in [0.4, 0.5) is 10.7 Å². The first-order chi connectivity index (χ1) is 22.1. The van der Waals surface area contributed by atoms with Crippen LogP contribution in [0.25, 0.3) is 33.3 Å². The smallest absolute Gasteiger partial charge is 0.407 e. The van der Waals surface area contributed by atoms with Gasteiger partial charge in [-0.3, -0.25) is 9.36 Å². The number of hydrogen-bond donors (Lipinski definition) is 1. The molecule has 1 aromatic carbocycles. The average molecular weight is 683 g/mol. The van der Waals surface area contributed by atoms with Crippen LogP contribution in [0, 0.1) is 0 Å². The van der Waals surface area contributed by atoms with Crippen LogP contribution >= 0.6 is 11.6 Å². The Morgan fingerprint density at radius 3 is 2.47 bits per heavy atom. The molecule has 2 saturated heterocycles. The van der Waals surface area contributed by atoms with E-state index >= 15 is 0 Å². The fourth-order valence-corrected chi connectivity index (χ4v) is 7.90. The molecule has 0 spiro atoms. The number of aromatic nitrogens is 4. The number of piperidine rings is 1. The summed E-state index contributed by atoms with van der Waals surface area (Å²) in [7, 11) is 0.493. The summed E-state index contributed by atoms with van der Waals surface area (Å²) in [5.74, 6) is 1.24. The molecule has 6 rings (SSSR count). The zero-order valence-electron chi connectivity index (χ0n) is 28.8. The van der Waals surface area contributed by atoms with Crippen LogP contribution in [0.3, 0.4) is 0 Å². The van der Waals surface area contributed by atoms with Gasteiger partial charge < -0.3 is 28.7 Å². The average Bonchev–Trinajstić information content (AvgIpc) is 3.64. The maximum Gasteiger partial charge on any atom is 0.407 e. The van der Waals surface area contributed by atoms with Crippen LogP contribution in [-0.2, 0) is 29.7 Å².